The molecule has 0 aliphatic rings. The van der Waals surface area contributed by atoms with E-state index in [1.807, 2.05) is 20.8 Å². The van der Waals surface area contributed by atoms with Crippen LogP contribution in [-0.2, 0) is 59.1 Å². The maximum Gasteiger partial charge on any atom is 0.312 e. The van der Waals surface area contributed by atoms with Gasteiger partial charge in [-0.3, -0.25) is 28.8 Å². The molecule has 1 aromatic rings. The molecule has 0 saturated carbocycles. The molecule has 0 aliphatic heterocycles. The number of rotatable bonds is 32. The first-order chi connectivity index (χ1) is 28.8. The number of benzene rings is 1. The van der Waals surface area contributed by atoms with E-state index in [-0.39, 0.29) is 82.2 Å². The van der Waals surface area contributed by atoms with Crippen LogP contribution in [0.4, 0.5) is 10.5 Å². The number of primary amides is 1. The molecule has 0 aliphatic carbocycles. The van der Waals surface area contributed by atoms with Gasteiger partial charge in [0.1, 0.15) is 24.5 Å². The molecule has 0 aromatic heterocycles. The maximum atomic E-state index is 13.4. The molecular weight excluding hydrogens is 793 g/mol. The number of anilines is 1. The van der Waals surface area contributed by atoms with Crippen molar-refractivity contribution in [3.63, 3.8) is 0 Å². The number of amides is 6. The third-order valence-corrected chi connectivity index (χ3v) is 9.45. The van der Waals surface area contributed by atoms with E-state index in [2.05, 4.69) is 26.6 Å². The summed E-state index contributed by atoms with van der Waals surface area (Å²) in [6.45, 7) is 17.5. The van der Waals surface area contributed by atoms with Crippen LogP contribution in [0.15, 0.2) is 24.3 Å². The van der Waals surface area contributed by atoms with E-state index in [4.69, 9.17) is 29.4 Å². The Bertz CT molecular complexity index is 1510. The van der Waals surface area contributed by atoms with Crippen molar-refractivity contribution in [2.45, 2.75) is 113 Å². The lowest BCUT2D eigenvalue weighted by atomic mass is 9.83. The van der Waals surface area contributed by atoms with E-state index in [9.17, 15) is 33.6 Å². The third-order valence-electron chi connectivity index (χ3n) is 9.45. The largest absolute Gasteiger partial charge is 0.460 e. The highest BCUT2D eigenvalue weighted by molar-refractivity contribution is 5.98. The Morgan fingerprint density at radius 2 is 1.25 bits per heavy atom. The molecule has 0 saturated heterocycles. The summed E-state index contributed by atoms with van der Waals surface area (Å²) in [7, 11) is 0. The second kappa shape index (κ2) is 29.6. The van der Waals surface area contributed by atoms with Crippen LogP contribution in [-0.4, -0.2) is 119 Å². The first-order valence-electron chi connectivity index (χ1n) is 21.1. The summed E-state index contributed by atoms with van der Waals surface area (Å²) in [6, 6.07) is 4.08. The van der Waals surface area contributed by atoms with Gasteiger partial charge >= 0.3 is 12.0 Å². The van der Waals surface area contributed by atoms with E-state index >= 15 is 0 Å². The zero-order chi connectivity index (χ0) is 45.8. The van der Waals surface area contributed by atoms with Crippen LogP contribution in [0.1, 0.15) is 99.5 Å². The van der Waals surface area contributed by atoms with Crippen LogP contribution in [0.3, 0.4) is 0 Å². The smallest absolute Gasteiger partial charge is 0.312 e. The van der Waals surface area contributed by atoms with Crippen molar-refractivity contribution in [3.05, 3.63) is 29.8 Å². The summed E-state index contributed by atoms with van der Waals surface area (Å²) in [4.78, 5) is 86.9. The van der Waals surface area contributed by atoms with E-state index in [1.54, 1.807) is 58.9 Å². The highest BCUT2D eigenvalue weighted by atomic mass is 16.6. The molecule has 0 bridgehead atoms. The number of ketones is 1. The molecule has 6 amide bonds. The van der Waals surface area contributed by atoms with Gasteiger partial charge < -0.3 is 56.0 Å². The summed E-state index contributed by atoms with van der Waals surface area (Å²) in [6.07, 6.45) is 1.62. The van der Waals surface area contributed by atoms with Gasteiger partial charge in [-0.1, -0.05) is 46.8 Å². The van der Waals surface area contributed by atoms with Gasteiger partial charge in [0.25, 0.3) is 0 Å². The number of carbonyl (C=O) groups is 7. The summed E-state index contributed by atoms with van der Waals surface area (Å²) in [5.74, 6) is -2.20. The topological polar surface area (TPSA) is 252 Å². The highest BCUT2D eigenvalue weighted by Crippen LogP contribution is 2.23. The fourth-order valence-corrected chi connectivity index (χ4v) is 5.15. The van der Waals surface area contributed by atoms with Crippen LogP contribution >= 0.6 is 0 Å². The van der Waals surface area contributed by atoms with Gasteiger partial charge in [0.05, 0.1) is 58.3 Å². The Hall–Kier alpha value is -4.65. The van der Waals surface area contributed by atoms with Gasteiger partial charge in [-0.15, -0.1) is 0 Å². The monoisotopic (exact) mass is 865 g/mol. The van der Waals surface area contributed by atoms with Crippen LogP contribution < -0.4 is 32.3 Å². The van der Waals surface area contributed by atoms with Gasteiger partial charge in [0.15, 0.2) is 0 Å². The summed E-state index contributed by atoms with van der Waals surface area (Å²) in [5.41, 5.74) is 5.30. The quantitative estimate of drug-likeness (QED) is 0.0452. The molecule has 346 valence electrons. The number of nitrogens with one attached hydrogen (secondary N) is 5. The minimum atomic E-state index is -1.01. The Kier molecular flexibility index (Phi) is 26.4. The summed E-state index contributed by atoms with van der Waals surface area (Å²) >= 11 is 0. The number of carbonyl (C=O) groups excluding carboxylic acids is 7. The Morgan fingerprint density at radius 3 is 1.79 bits per heavy atom. The molecular formula is C43H72N6O12. The summed E-state index contributed by atoms with van der Waals surface area (Å²) < 4.78 is 27.3. The number of urea groups is 1. The van der Waals surface area contributed by atoms with Crippen molar-refractivity contribution in [1.29, 1.82) is 0 Å². The SMILES string of the molecule is CCC(C)(C)C(=O)CCC(=O)NCCOCCOCCOCCOCCC(=O)N[C@H](C(=O)N[C@@H](CCCNC(N)=O)C(=O)Nc1ccc(COC(=O)C(C)(C)C)cc1)C(C)C. The van der Waals surface area contributed by atoms with Gasteiger partial charge in [-0.25, -0.2) is 4.79 Å². The molecule has 0 spiro atoms. The predicted octanol–water partition coefficient (Wildman–Crippen LogP) is 3.15. The highest BCUT2D eigenvalue weighted by Gasteiger charge is 2.29. The number of ether oxygens (including phenoxy) is 5. The van der Waals surface area contributed by atoms with Crippen molar-refractivity contribution in [2.24, 2.45) is 22.5 Å². The molecule has 0 unspecified atom stereocenters. The van der Waals surface area contributed by atoms with Crippen LogP contribution in [0, 0.1) is 16.7 Å². The molecule has 2 atom stereocenters. The van der Waals surface area contributed by atoms with E-state index in [0.717, 1.165) is 12.0 Å². The van der Waals surface area contributed by atoms with Crippen molar-refractivity contribution in [1.82, 2.24) is 21.3 Å². The fraction of sp³-hybridized carbons (Fsp3) is 0.698. The second-order valence-electron chi connectivity index (χ2n) is 16.5. The molecule has 7 N–H and O–H groups in total. The Morgan fingerprint density at radius 1 is 0.672 bits per heavy atom. The molecule has 18 heteroatoms. The first-order valence-corrected chi connectivity index (χ1v) is 21.1. The van der Waals surface area contributed by atoms with Gasteiger partial charge in [-0.05, 0) is 63.6 Å². The third kappa shape index (κ3) is 25.0. The van der Waals surface area contributed by atoms with E-state index in [1.165, 1.54) is 0 Å². The minimum absolute atomic E-state index is 0.00558. The lowest BCUT2D eigenvalue weighted by Gasteiger charge is -2.25. The van der Waals surface area contributed by atoms with E-state index in [0.29, 0.717) is 51.7 Å². The van der Waals surface area contributed by atoms with Gasteiger partial charge in [0.2, 0.25) is 23.6 Å². The van der Waals surface area contributed by atoms with Crippen molar-refractivity contribution in [2.75, 3.05) is 71.3 Å². The molecule has 18 nitrogen and oxygen atoms in total. The molecule has 0 fully saturated rings. The van der Waals surface area contributed by atoms with Crippen molar-refractivity contribution in [3.8, 4) is 0 Å². The van der Waals surface area contributed by atoms with Crippen molar-refractivity contribution >= 4 is 47.1 Å². The predicted molar refractivity (Wildman–Crippen MR) is 229 cm³/mol. The average molecular weight is 865 g/mol. The maximum absolute atomic E-state index is 13.4. The van der Waals surface area contributed by atoms with Crippen LogP contribution in [0.5, 0.6) is 0 Å². The first kappa shape index (κ1) is 54.4. The number of hydrogen-bond donors (Lipinski definition) is 6. The Balaban J connectivity index is 2.39. The molecule has 0 radical (unpaired) electrons. The minimum Gasteiger partial charge on any atom is -0.460 e. The fourth-order valence-electron chi connectivity index (χ4n) is 5.15. The van der Waals surface area contributed by atoms with Gasteiger partial charge in [0, 0.05) is 43.5 Å². The van der Waals surface area contributed by atoms with Crippen molar-refractivity contribution < 1.29 is 57.2 Å². The number of nitrogens with two attached hydrogens (primary N) is 1. The molecule has 61 heavy (non-hydrogen) atoms. The number of hydrogen-bond acceptors (Lipinski definition) is 12. The Labute approximate surface area is 361 Å². The molecule has 1 rings (SSSR count). The standard InChI is InChI=1S/C43H72N6O12/c1-9-43(7,8)34(50)16-17-35(51)45-20-22-58-24-26-60-28-27-59-25-23-57-21-18-36(52)49-37(30(2)3)39(54)48-33(11-10-19-46-41(44)56)38(53)47-32-14-12-31(13-15-32)29-61-40(55)42(4,5)6/h12-15,30,33,37H,9-11,16-29H2,1-8H3,(H,45,51)(H,47,53)(H,48,54)(H,49,52)(H3,44,46,56)/t33-,37-/m0/s1. The van der Waals surface area contributed by atoms with Crippen LogP contribution in [0.25, 0.3) is 0 Å². The number of esters is 1. The second-order valence-corrected chi connectivity index (χ2v) is 16.5. The number of Topliss-reactive ketones (excluding diaryl/α,β-unsaturated/α-hetero) is 1. The lowest BCUT2D eigenvalue weighted by Crippen LogP contribution is -2.54. The lowest BCUT2D eigenvalue weighted by molar-refractivity contribution is -0.154. The molecule has 1 aromatic carbocycles. The van der Waals surface area contributed by atoms with Crippen LogP contribution in [0.2, 0.25) is 0 Å². The molecule has 0 heterocycles. The van der Waals surface area contributed by atoms with Gasteiger partial charge in [-0.2, -0.15) is 0 Å². The zero-order valence-electron chi connectivity index (χ0n) is 37.5. The summed E-state index contributed by atoms with van der Waals surface area (Å²) in [5, 5.41) is 13.5. The normalized spacial score (nSPS) is 12.5. The average Bonchev–Trinajstić information content (AvgIpc) is 3.20. The zero-order valence-corrected chi connectivity index (χ0v) is 37.5. The van der Waals surface area contributed by atoms with E-state index < -0.39 is 46.7 Å².